The minimum absolute atomic E-state index is 1.19. The van der Waals surface area contributed by atoms with E-state index in [4.69, 9.17) is 0 Å². The number of pyridine rings is 1. The summed E-state index contributed by atoms with van der Waals surface area (Å²) in [4.78, 5) is 0. The molecule has 28 heavy (non-hydrogen) atoms. The Kier molecular flexibility index (Phi) is 4.47. The van der Waals surface area contributed by atoms with E-state index in [1.165, 1.54) is 71.8 Å². The molecule has 142 valence electrons. The molecule has 5 rings (SSSR count). The summed E-state index contributed by atoms with van der Waals surface area (Å²) >= 11 is 0. The van der Waals surface area contributed by atoms with Crippen LogP contribution in [0.25, 0.3) is 22.4 Å². The molecular weight excluding hydrogens is 354 g/mol. The number of nitrogens with zero attached hydrogens (tertiary/aromatic N) is 1. The number of aromatic nitrogens is 1. The third kappa shape index (κ3) is 2.95. The third-order valence-corrected chi connectivity index (χ3v) is 12.7. The molecule has 0 N–H and O–H groups in total. The molecule has 2 heteroatoms. The van der Waals surface area contributed by atoms with Gasteiger partial charge in [-0.25, -0.2) is 4.57 Å². The van der Waals surface area contributed by atoms with Crippen molar-refractivity contribution in [3.8, 4) is 22.4 Å². The van der Waals surface area contributed by atoms with Gasteiger partial charge in [-0.15, -0.1) is 0 Å². The van der Waals surface area contributed by atoms with Crippen LogP contribution in [0.3, 0.4) is 0 Å². The van der Waals surface area contributed by atoms with Gasteiger partial charge < -0.3 is 0 Å². The first kappa shape index (κ1) is 17.9. The van der Waals surface area contributed by atoms with Gasteiger partial charge in [-0.3, -0.25) is 0 Å². The Labute approximate surface area is 170 Å². The molecule has 3 aromatic rings. The molecule has 0 saturated carbocycles. The van der Waals surface area contributed by atoms with Crippen molar-refractivity contribution in [3.05, 3.63) is 71.9 Å². The van der Waals surface area contributed by atoms with Crippen LogP contribution in [-0.2, 0) is 13.5 Å². The molecule has 0 amide bonds. The van der Waals surface area contributed by atoms with Gasteiger partial charge in [0.25, 0.3) is 0 Å². The van der Waals surface area contributed by atoms with Crippen LogP contribution in [0.4, 0.5) is 0 Å². The molecule has 2 aromatic carbocycles. The summed E-state index contributed by atoms with van der Waals surface area (Å²) < 4.78 is 2.42. The predicted molar refractivity (Wildman–Crippen MR) is 121 cm³/mol. The Morgan fingerprint density at radius 1 is 0.821 bits per heavy atom. The van der Waals surface area contributed by atoms with Gasteiger partial charge in [0.15, 0.2) is 6.20 Å². The van der Waals surface area contributed by atoms with Crippen molar-refractivity contribution >= 4 is 13.3 Å². The molecule has 1 spiro atoms. The quantitative estimate of drug-likeness (QED) is 0.403. The smallest absolute Gasteiger partial charge is 0.201 e. The zero-order valence-electron chi connectivity index (χ0n) is 17.2. The molecule has 0 aliphatic carbocycles. The predicted octanol–water partition coefficient (Wildman–Crippen LogP) is 5.55. The third-order valence-electron chi connectivity index (χ3n) is 7.21. The average Bonchev–Trinajstić information content (AvgIpc) is 3.19. The van der Waals surface area contributed by atoms with Crippen molar-refractivity contribution in [1.82, 2.24) is 0 Å². The van der Waals surface area contributed by atoms with E-state index in [1.807, 2.05) is 0 Å². The maximum Gasteiger partial charge on any atom is 0.212 e. The maximum atomic E-state index is 2.54. The Balaban J connectivity index is 1.63. The van der Waals surface area contributed by atoms with Crippen LogP contribution in [0.2, 0.25) is 18.1 Å². The second-order valence-corrected chi connectivity index (χ2v) is 13.5. The van der Waals surface area contributed by atoms with Crippen LogP contribution in [-0.4, -0.2) is 8.07 Å². The number of hydrogen-bond donors (Lipinski definition) is 0. The van der Waals surface area contributed by atoms with Crippen LogP contribution in [0.15, 0.2) is 60.8 Å². The van der Waals surface area contributed by atoms with Crippen LogP contribution in [0.5, 0.6) is 0 Å². The highest BCUT2D eigenvalue weighted by molar-refractivity contribution is 6.92. The monoisotopic (exact) mass is 384 g/mol. The first-order valence-electron chi connectivity index (χ1n) is 10.9. The van der Waals surface area contributed by atoms with Gasteiger partial charge in [-0.2, -0.15) is 0 Å². The first-order valence-corrected chi connectivity index (χ1v) is 13.5. The Morgan fingerprint density at radius 3 is 2.36 bits per heavy atom. The fraction of sp³-hybridized carbons (Fsp3) is 0.346. The van der Waals surface area contributed by atoms with Gasteiger partial charge in [0.1, 0.15) is 7.05 Å². The summed E-state index contributed by atoms with van der Waals surface area (Å²) in [5.74, 6) is 0. The van der Waals surface area contributed by atoms with Gasteiger partial charge in [-0.05, 0) is 41.7 Å². The SMILES string of the molecule is Cc1ccc(-c2ccccc2)cc1-c1cc2c(c[n+]1C)[Si]1(CCCC1)CCC2. The van der Waals surface area contributed by atoms with E-state index in [1.54, 1.807) is 10.8 Å². The van der Waals surface area contributed by atoms with Gasteiger partial charge in [0.05, 0.1) is 8.07 Å². The van der Waals surface area contributed by atoms with Gasteiger partial charge in [0.2, 0.25) is 5.69 Å². The summed E-state index contributed by atoms with van der Waals surface area (Å²) in [6.45, 7) is 2.25. The lowest BCUT2D eigenvalue weighted by molar-refractivity contribution is -0.659. The summed E-state index contributed by atoms with van der Waals surface area (Å²) in [5.41, 5.74) is 8.37. The van der Waals surface area contributed by atoms with Crippen molar-refractivity contribution in [3.63, 3.8) is 0 Å². The van der Waals surface area contributed by atoms with E-state index in [0.29, 0.717) is 0 Å². The highest BCUT2D eigenvalue weighted by Gasteiger charge is 2.43. The fourth-order valence-corrected chi connectivity index (χ4v) is 11.3. The van der Waals surface area contributed by atoms with Crippen molar-refractivity contribution in [2.75, 3.05) is 0 Å². The lowest BCUT2D eigenvalue weighted by atomic mass is 9.96. The van der Waals surface area contributed by atoms with Gasteiger partial charge in [-0.1, -0.05) is 79.9 Å². The minimum atomic E-state index is -1.19. The van der Waals surface area contributed by atoms with Crippen LogP contribution in [0, 0.1) is 6.92 Å². The average molecular weight is 385 g/mol. The Morgan fingerprint density at radius 2 is 1.57 bits per heavy atom. The highest BCUT2D eigenvalue weighted by atomic mass is 28.3. The van der Waals surface area contributed by atoms with Crippen LogP contribution < -0.4 is 9.75 Å². The van der Waals surface area contributed by atoms with Crippen LogP contribution >= 0.6 is 0 Å². The lowest BCUT2D eigenvalue weighted by Gasteiger charge is -2.32. The summed E-state index contributed by atoms with van der Waals surface area (Å²) in [6, 6.07) is 24.8. The highest BCUT2D eigenvalue weighted by Crippen LogP contribution is 2.38. The largest absolute Gasteiger partial charge is 0.212 e. The zero-order valence-corrected chi connectivity index (χ0v) is 18.2. The van der Waals surface area contributed by atoms with E-state index >= 15 is 0 Å². The molecule has 1 nitrogen and oxygen atoms in total. The van der Waals surface area contributed by atoms with E-state index in [2.05, 4.69) is 79.3 Å². The molecule has 2 aliphatic rings. The standard InChI is InChI=1S/C26H30NSi/c1-20-12-13-22(21-9-4-3-5-10-21)17-24(20)25-18-23-11-8-16-28(14-6-7-15-28)26(23)19-27(25)2/h3-5,9-10,12-13,17-19H,6-8,11,14-16H2,1-2H3/q+1. The van der Waals surface area contributed by atoms with Crippen molar-refractivity contribution in [2.45, 2.75) is 50.7 Å². The molecule has 1 saturated heterocycles. The molecular formula is C26H30NSi+. The number of benzene rings is 2. The van der Waals surface area contributed by atoms with Crippen LogP contribution in [0.1, 0.15) is 30.4 Å². The molecule has 0 unspecified atom stereocenters. The second-order valence-electron chi connectivity index (χ2n) is 8.95. The lowest BCUT2D eigenvalue weighted by Crippen LogP contribution is -2.53. The topological polar surface area (TPSA) is 3.88 Å². The van der Waals surface area contributed by atoms with E-state index < -0.39 is 8.07 Å². The maximum absolute atomic E-state index is 2.54. The molecule has 1 aromatic heterocycles. The summed E-state index contributed by atoms with van der Waals surface area (Å²) in [5, 5.41) is 1.79. The number of hydrogen-bond acceptors (Lipinski definition) is 0. The summed E-state index contributed by atoms with van der Waals surface area (Å²) in [6.07, 6.45) is 8.16. The Bertz CT molecular complexity index is 1020. The Hall–Kier alpha value is -2.19. The fourth-order valence-electron chi connectivity index (χ4n) is 5.67. The summed E-state index contributed by atoms with van der Waals surface area (Å²) in [7, 11) is 1.07. The normalized spacial score (nSPS) is 17.6. The van der Waals surface area contributed by atoms with Crippen molar-refractivity contribution in [2.24, 2.45) is 7.05 Å². The van der Waals surface area contributed by atoms with E-state index in [0.717, 1.165) is 0 Å². The molecule has 1 fully saturated rings. The molecule has 0 atom stereocenters. The number of rotatable bonds is 2. The van der Waals surface area contributed by atoms with E-state index in [-0.39, 0.29) is 0 Å². The molecule has 2 aliphatic heterocycles. The molecule has 3 heterocycles. The number of aryl methyl sites for hydroxylation is 3. The molecule has 0 bridgehead atoms. The van der Waals surface area contributed by atoms with Crippen molar-refractivity contribution < 1.29 is 4.57 Å². The van der Waals surface area contributed by atoms with Gasteiger partial charge >= 0.3 is 0 Å². The molecule has 0 radical (unpaired) electrons. The zero-order chi connectivity index (χ0) is 19.1. The van der Waals surface area contributed by atoms with Crippen molar-refractivity contribution in [1.29, 1.82) is 0 Å². The first-order chi connectivity index (χ1) is 13.7. The second kappa shape index (κ2) is 7.00. The minimum Gasteiger partial charge on any atom is -0.201 e. The number of fused-ring (bicyclic) bond motifs is 2. The van der Waals surface area contributed by atoms with Gasteiger partial charge in [0, 0.05) is 16.8 Å². The van der Waals surface area contributed by atoms with E-state index in [9.17, 15) is 0 Å².